The van der Waals surface area contributed by atoms with Crippen molar-refractivity contribution in [2.75, 3.05) is 51.7 Å². The summed E-state index contributed by atoms with van der Waals surface area (Å²) in [4.78, 5) is 14.0. The van der Waals surface area contributed by atoms with Crippen LogP contribution in [0.3, 0.4) is 0 Å². The highest BCUT2D eigenvalue weighted by molar-refractivity contribution is 7.89. The highest BCUT2D eigenvalue weighted by atomic mass is 32.2. The van der Waals surface area contributed by atoms with Crippen LogP contribution in [0.15, 0.2) is 0 Å². The van der Waals surface area contributed by atoms with Crippen molar-refractivity contribution in [3.8, 4) is 0 Å². The highest BCUT2D eigenvalue weighted by Crippen LogP contribution is 2.26. The number of hydrogen-bond acceptors (Lipinski definition) is 5. The molecular weight excluding hydrogens is 306 g/mol. The molecule has 2 fully saturated rings. The summed E-state index contributed by atoms with van der Waals surface area (Å²) in [6.45, 7) is 5.83. The summed E-state index contributed by atoms with van der Waals surface area (Å²) in [5.41, 5.74) is 0. The first-order chi connectivity index (χ1) is 10.5. The second kappa shape index (κ2) is 8.24. The van der Waals surface area contributed by atoms with Crippen molar-refractivity contribution in [1.29, 1.82) is 0 Å². The van der Waals surface area contributed by atoms with Crippen molar-refractivity contribution in [3.63, 3.8) is 0 Å². The molecule has 0 unspecified atom stereocenters. The number of nitrogens with zero attached hydrogens (tertiary/aromatic N) is 1. The van der Waals surface area contributed by atoms with Crippen molar-refractivity contribution in [2.24, 2.45) is 11.8 Å². The lowest BCUT2D eigenvalue weighted by Crippen LogP contribution is -2.41. The molecule has 2 atom stereocenters. The van der Waals surface area contributed by atoms with Crippen molar-refractivity contribution in [3.05, 3.63) is 0 Å². The van der Waals surface area contributed by atoms with E-state index in [2.05, 4.69) is 10.0 Å². The lowest BCUT2D eigenvalue weighted by molar-refractivity contribution is -0.129. The van der Waals surface area contributed by atoms with E-state index in [4.69, 9.17) is 4.74 Å². The maximum Gasteiger partial charge on any atom is 0.237 e. The van der Waals surface area contributed by atoms with E-state index >= 15 is 0 Å². The highest BCUT2D eigenvalue weighted by Gasteiger charge is 2.31. The van der Waals surface area contributed by atoms with Gasteiger partial charge in [-0.05, 0) is 44.7 Å². The third-order valence-electron chi connectivity index (χ3n) is 4.52. The number of nitrogens with one attached hydrogen (secondary N) is 2. The normalized spacial score (nSPS) is 25.8. The van der Waals surface area contributed by atoms with Gasteiger partial charge in [0.15, 0.2) is 0 Å². The predicted molar refractivity (Wildman–Crippen MR) is 83.9 cm³/mol. The topological polar surface area (TPSA) is 87.7 Å². The van der Waals surface area contributed by atoms with Crippen LogP contribution in [0.2, 0.25) is 0 Å². The van der Waals surface area contributed by atoms with Crippen molar-refractivity contribution in [2.45, 2.75) is 19.8 Å². The minimum atomic E-state index is -3.44. The van der Waals surface area contributed by atoms with Gasteiger partial charge in [-0.25, -0.2) is 13.1 Å². The molecule has 0 radical (unpaired) electrons. The van der Waals surface area contributed by atoms with Crippen LogP contribution in [0.4, 0.5) is 0 Å². The fourth-order valence-corrected chi connectivity index (χ4v) is 3.96. The van der Waals surface area contributed by atoms with E-state index in [1.807, 2.05) is 6.92 Å². The van der Waals surface area contributed by atoms with Crippen molar-refractivity contribution >= 4 is 15.9 Å². The summed E-state index contributed by atoms with van der Waals surface area (Å²) in [5, 5.41) is 3.40. The summed E-state index contributed by atoms with van der Waals surface area (Å²) in [5.74, 6) is 1.07. The zero-order valence-electron chi connectivity index (χ0n) is 13.2. The summed E-state index contributed by atoms with van der Waals surface area (Å²) in [6, 6.07) is 0. The van der Waals surface area contributed by atoms with Crippen molar-refractivity contribution in [1.82, 2.24) is 14.9 Å². The lowest BCUT2D eigenvalue weighted by Gasteiger charge is -2.21. The molecule has 0 aliphatic carbocycles. The Labute approximate surface area is 132 Å². The third kappa shape index (κ3) is 5.19. The molecular formula is C14H27N3O4S. The Kier molecular flexibility index (Phi) is 6.61. The molecule has 128 valence electrons. The first kappa shape index (κ1) is 17.7. The lowest BCUT2D eigenvalue weighted by atomic mass is 9.92. The van der Waals surface area contributed by atoms with Gasteiger partial charge >= 0.3 is 0 Å². The van der Waals surface area contributed by atoms with E-state index in [-0.39, 0.29) is 24.8 Å². The molecule has 0 bridgehead atoms. The molecule has 2 rings (SSSR count). The van der Waals surface area contributed by atoms with Gasteiger partial charge in [0, 0.05) is 19.7 Å². The minimum absolute atomic E-state index is 0.107. The zero-order chi connectivity index (χ0) is 16.0. The maximum atomic E-state index is 12.2. The number of carbonyl (C=O) groups is 1. The van der Waals surface area contributed by atoms with Crippen LogP contribution in [-0.2, 0) is 19.6 Å². The quantitative estimate of drug-likeness (QED) is 0.608. The average Bonchev–Trinajstić information content (AvgIpc) is 2.84. The Hall–Kier alpha value is -0.700. The molecule has 1 amide bonds. The van der Waals surface area contributed by atoms with Crippen LogP contribution in [0, 0.1) is 11.8 Å². The second-order valence-electron chi connectivity index (χ2n) is 5.97. The summed E-state index contributed by atoms with van der Waals surface area (Å²) in [6.07, 6.45) is 2.00. The van der Waals surface area contributed by atoms with E-state index in [1.165, 1.54) is 0 Å². The van der Waals surface area contributed by atoms with Gasteiger partial charge in [0.2, 0.25) is 15.9 Å². The van der Waals surface area contributed by atoms with Crippen LogP contribution in [0.1, 0.15) is 19.8 Å². The number of rotatable bonds is 7. The van der Waals surface area contributed by atoms with Gasteiger partial charge in [-0.3, -0.25) is 4.79 Å². The van der Waals surface area contributed by atoms with Gasteiger partial charge in [0.25, 0.3) is 0 Å². The molecule has 0 saturated carbocycles. The standard InChI is InChI=1S/C14H27N3O4S/c1-2-21-7-8-22(19,20)16-11-14(18)17-5-3-12-9-15-10-13(12)4-6-17/h12-13,15-16H,2-11H2,1H3/t12-,13+. The van der Waals surface area contributed by atoms with Gasteiger partial charge in [0.1, 0.15) is 0 Å². The van der Waals surface area contributed by atoms with E-state index in [0.29, 0.717) is 18.4 Å². The van der Waals surface area contributed by atoms with Gasteiger partial charge in [-0.2, -0.15) is 0 Å². The smallest absolute Gasteiger partial charge is 0.237 e. The average molecular weight is 333 g/mol. The van der Waals surface area contributed by atoms with Gasteiger partial charge in [0.05, 0.1) is 18.9 Å². The van der Waals surface area contributed by atoms with E-state index in [0.717, 1.165) is 39.0 Å². The summed E-state index contributed by atoms with van der Waals surface area (Å²) >= 11 is 0. The largest absolute Gasteiger partial charge is 0.381 e. The molecule has 2 aliphatic rings. The summed E-state index contributed by atoms with van der Waals surface area (Å²) < 4.78 is 30.9. The molecule has 0 aromatic carbocycles. The molecule has 0 aromatic rings. The van der Waals surface area contributed by atoms with Gasteiger partial charge < -0.3 is 15.0 Å². The van der Waals surface area contributed by atoms with E-state index in [1.54, 1.807) is 4.90 Å². The van der Waals surface area contributed by atoms with Crippen LogP contribution in [-0.4, -0.2) is 70.9 Å². The Morgan fingerprint density at radius 1 is 1.27 bits per heavy atom. The number of carbonyl (C=O) groups excluding carboxylic acids is 1. The number of amides is 1. The summed E-state index contributed by atoms with van der Waals surface area (Å²) in [7, 11) is -3.44. The fourth-order valence-electron chi connectivity index (χ4n) is 3.14. The Balaban J connectivity index is 1.75. The van der Waals surface area contributed by atoms with E-state index in [9.17, 15) is 13.2 Å². The molecule has 22 heavy (non-hydrogen) atoms. The second-order valence-corrected chi connectivity index (χ2v) is 7.90. The molecule has 8 heteroatoms. The minimum Gasteiger partial charge on any atom is -0.381 e. The zero-order valence-corrected chi connectivity index (χ0v) is 14.0. The number of sulfonamides is 1. The van der Waals surface area contributed by atoms with E-state index < -0.39 is 10.0 Å². The monoisotopic (exact) mass is 333 g/mol. The van der Waals surface area contributed by atoms with Crippen molar-refractivity contribution < 1.29 is 17.9 Å². The molecule has 0 spiro atoms. The predicted octanol–water partition coefficient (Wildman–Crippen LogP) is -0.600. The number of ether oxygens (including phenoxy) is 1. The molecule has 2 aliphatic heterocycles. The first-order valence-electron chi connectivity index (χ1n) is 8.05. The Morgan fingerprint density at radius 3 is 2.50 bits per heavy atom. The van der Waals surface area contributed by atoms with Crippen LogP contribution < -0.4 is 10.0 Å². The fraction of sp³-hybridized carbons (Fsp3) is 0.929. The molecule has 2 heterocycles. The van der Waals surface area contributed by atoms with Gasteiger partial charge in [-0.15, -0.1) is 0 Å². The third-order valence-corrected chi connectivity index (χ3v) is 5.80. The Morgan fingerprint density at radius 2 is 1.91 bits per heavy atom. The molecule has 2 saturated heterocycles. The maximum absolute atomic E-state index is 12.2. The number of hydrogen-bond donors (Lipinski definition) is 2. The number of likely N-dealkylation sites (tertiary alicyclic amines) is 1. The van der Waals surface area contributed by atoms with Gasteiger partial charge in [-0.1, -0.05) is 0 Å². The first-order valence-corrected chi connectivity index (χ1v) is 9.70. The van der Waals surface area contributed by atoms with Crippen LogP contribution in [0.25, 0.3) is 0 Å². The van der Waals surface area contributed by atoms with Crippen LogP contribution >= 0.6 is 0 Å². The molecule has 2 N–H and O–H groups in total. The van der Waals surface area contributed by atoms with Crippen LogP contribution in [0.5, 0.6) is 0 Å². The molecule has 7 nitrogen and oxygen atoms in total. The number of fused-ring (bicyclic) bond motifs is 1. The molecule has 0 aromatic heterocycles. The SMILES string of the molecule is CCOCCS(=O)(=O)NCC(=O)N1CC[C@@H]2CNC[C@@H]2CC1. The Bertz CT molecular complexity index is 455.